The number of ether oxygens (including phenoxy) is 2. The third-order valence-corrected chi connectivity index (χ3v) is 4.50. The summed E-state index contributed by atoms with van der Waals surface area (Å²) in [5, 5.41) is 0. The number of hydrogen-bond donors (Lipinski definition) is 0. The monoisotopic (exact) mass is 353 g/mol. The van der Waals surface area contributed by atoms with Crippen molar-refractivity contribution in [1.82, 2.24) is 14.9 Å². The quantitative estimate of drug-likeness (QED) is 0.774. The molecule has 0 radical (unpaired) electrons. The van der Waals surface area contributed by atoms with E-state index in [2.05, 4.69) is 9.97 Å². The zero-order valence-corrected chi connectivity index (χ0v) is 15.1. The van der Waals surface area contributed by atoms with Crippen molar-refractivity contribution in [1.29, 1.82) is 0 Å². The lowest BCUT2D eigenvalue weighted by Gasteiger charge is -2.30. The summed E-state index contributed by atoms with van der Waals surface area (Å²) in [5.41, 5.74) is 1.02. The molecule has 136 valence electrons. The van der Waals surface area contributed by atoms with Crippen LogP contribution in [0, 0.1) is 0 Å². The van der Waals surface area contributed by atoms with Gasteiger partial charge in [0, 0.05) is 25.1 Å². The van der Waals surface area contributed by atoms with E-state index in [0.717, 1.165) is 18.4 Å². The van der Waals surface area contributed by atoms with E-state index in [1.807, 2.05) is 41.3 Å². The number of benzene rings is 1. The first kappa shape index (κ1) is 17.9. The molecule has 0 saturated carbocycles. The number of carbonyl (C=O) groups excluding carboxylic acids is 1. The van der Waals surface area contributed by atoms with E-state index in [4.69, 9.17) is 9.47 Å². The lowest BCUT2D eigenvalue weighted by atomic mass is 9.96. The highest BCUT2D eigenvalue weighted by molar-refractivity contribution is 5.91. The number of amides is 1. The number of rotatable bonds is 5. The highest BCUT2D eigenvalue weighted by Gasteiger charge is 2.25. The van der Waals surface area contributed by atoms with Crippen molar-refractivity contribution in [3.05, 3.63) is 53.9 Å². The molecule has 0 atom stereocenters. The molecule has 1 fully saturated rings. The molecule has 1 saturated heterocycles. The van der Waals surface area contributed by atoms with Gasteiger partial charge in [0.25, 0.3) is 0 Å². The molecule has 2 heterocycles. The van der Waals surface area contributed by atoms with Crippen LogP contribution in [0.2, 0.25) is 0 Å². The normalized spacial score (nSPS) is 15.2. The van der Waals surface area contributed by atoms with E-state index in [9.17, 15) is 4.79 Å². The highest BCUT2D eigenvalue weighted by atomic mass is 16.5. The second-order valence-electron chi connectivity index (χ2n) is 6.15. The minimum Gasteiger partial charge on any atom is -0.481 e. The van der Waals surface area contributed by atoms with Gasteiger partial charge in [-0.2, -0.15) is 9.97 Å². The molecular formula is C20H23N3O3. The Bertz CT molecular complexity index is 747. The Morgan fingerprint density at radius 1 is 1.08 bits per heavy atom. The third-order valence-electron chi connectivity index (χ3n) is 4.50. The molecule has 1 aromatic carbocycles. The third kappa shape index (κ3) is 4.39. The summed E-state index contributed by atoms with van der Waals surface area (Å²) in [6.45, 7) is 1.37. The van der Waals surface area contributed by atoms with Crippen LogP contribution in [0.5, 0.6) is 11.8 Å². The maximum atomic E-state index is 12.4. The van der Waals surface area contributed by atoms with Crippen LogP contribution in [-0.4, -0.2) is 48.1 Å². The van der Waals surface area contributed by atoms with Crippen molar-refractivity contribution in [3.8, 4) is 11.8 Å². The Hall–Kier alpha value is -2.89. The van der Waals surface area contributed by atoms with Gasteiger partial charge in [-0.15, -0.1) is 0 Å². The first-order valence-corrected chi connectivity index (χ1v) is 8.68. The predicted molar refractivity (Wildman–Crippen MR) is 99.2 cm³/mol. The molecular weight excluding hydrogens is 330 g/mol. The number of piperidine rings is 1. The van der Waals surface area contributed by atoms with Crippen molar-refractivity contribution in [2.24, 2.45) is 0 Å². The Labute approximate surface area is 153 Å². The summed E-state index contributed by atoms with van der Waals surface area (Å²) < 4.78 is 10.4. The molecule has 1 aromatic heterocycles. The minimum atomic E-state index is 0.0384. The van der Waals surface area contributed by atoms with Crippen molar-refractivity contribution < 1.29 is 14.3 Å². The molecule has 2 aromatic rings. The summed E-state index contributed by atoms with van der Waals surface area (Å²) in [6.07, 6.45) is 5.13. The van der Waals surface area contributed by atoms with Crippen molar-refractivity contribution in [2.45, 2.75) is 18.8 Å². The molecule has 0 unspecified atom stereocenters. The number of hydrogen-bond acceptors (Lipinski definition) is 5. The summed E-state index contributed by atoms with van der Waals surface area (Å²) in [5.74, 6) is 1.94. The fourth-order valence-electron chi connectivity index (χ4n) is 3.01. The Kier molecular flexibility index (Phi) is 5.84. The minimum absolute atomic E-state index is 0.0384. The Morgan fingerprint density at radius 2 is 1.69 bits per heavy atom. The van der Waals surface area contributed by atoms with Gasteiger partial charge in [-0.05, 0) is 24.5 Å². The van der Waals surface area contributed by atoms with Gasteiger partial charge in [0.2, 0.25) is 17.7 Å². The highest BCUT2D eigenvalue weighted by Crippen LogP contribution is 2.28. The van der Waals surface area contributed by atoms with Crippen LogP contribution in [0.4, 0.5) is 0 Å². The molecule has 0 aliphatic carbocycles. The molecule has 26 heavy (non-hydrogen) atoms. The SMILES string of the molecule is COc1cc(OC)nc(C2CCN(C(=O)/C=C/c3ccccc3)CC2)n1. The zero-order valence-electron chi connectivity index (χ0n) is 15.1. The van der Waals surface area contributed by atoms with Crippen LogP contribution in [0.25, 0.3) is 6.08 Å². The van der Waals surface area contributed by atoms with Crippen LogP contribution < -0.4 is 9.47 Å². The summed E-state index contributed by atoms with van der Waals surface area (Å²) in [7, 11) is 3.15. The van der Waals surface area contributed by atoms with Crippen LogP contribution in [-0.2, 0) is 4.79 Å². The molecule has 6 heteroatoms. The number of likely N-dealkylation sites (tertiary alicyclic amines) is 1. The van der Waals surface area contributed by atoms with Gasteiger partial charge in [-0.3, -0.25) is 4.79 Å². The van der Waals surface area contributed by atoms with E-state index in [1.54, 1.807) is 26.4 Å². The van der Waals surface area contributed by atoms with E-state index in [1.165, 1.54) is 0 Å². The van der Waals surface area contributed by atoms with E-state index >= 15 is 0 Å². The van der Waals surface area contributed by atoms with E-state index < -0.39 is 0 Å². The maximum Gasteiger partial charge on any atom is 0.246 e. The van der Waals surface area contributed by atoms with Crippen LogP contribution in [0.1, 0.15) is 30.1 Å². The average Bonchev–Trinajstić information content (AvgIpc) is 2.72. The summed E-state index contributed by atoms with van der Waals surface area (Å²) >= 11 is 0. The van der Waals surface area contributed by atoms with Crippen molar-refractivity contribution in [3.63, 3.8) is 0 Å². The molecule has 0 bridgehead atoms. The first-order chi connectivity index (χ1) is 12.7. The fraction of sp³-hybridized carbons (Fsp3) is 0.350. The summed E-state index contributed by atoms with van der Waals surface area (Å²) in [6, 6.07) is 11.5. The second-order valence-corrected chi connectivity index (χ2v) is 6.15. The van der Waals surface area contributed by atoms with Gasteiger partial charge in [0.1, 0.15) is 5.82 Å². The topological polar surface area (TPSA) is 64.6 Å². The zero-order chi connectivity index (χ0) is 18.4. The van der Waals surface area contributed by atoms with E-state index in [-0.39, 0.29) is 11.8 Å². The fourth-order valence-corrected chi connectivity index (χ4v) is 3.01. The largest absolute Gasteiger partial charge is 0.481 e. The lowest BCUT2D eigenvalue weighted by molar-refractivity contribution is -0.127. The lowest BCUT2D eigenvalue weighted by Crippen LogP contribution is -2.37. The number of nitrogens with zero attached hydrogens (tertiary/aromatic N) is 3. The smallest absolute Gasteiger partial charge is 0.246 e. The van der Waals surface area contributed by atoms with Gasteiger partial charge < -0.3 is 14.4 Å². The molecule has 1 aliphatic rings. The van der Waals surface area contributed by atoms with Gasteiger partial charge in [0.15, 0.2) is 0 Å². The van der Waals surface area contributed by atoms with Gasteiger partial charge in [0.05, 0.1) is 20.3 Å². The van der Waals surface area contributed by atoms with Crippen LogP contribution in [0.3, 0.4) is 0 Å². The summed E-state index contributed by atoms with van der Waals surface area (Å²) in [4.78, 5) is 23.1. The van der Waals surface area contributed by atoms with Crippen molar-refractivity contribution in [2.75, 3.05) is 27.3 Å². The van der Waals surface area contributed by atoms with Gasteiger partial charge >= 0.3 is 0 Å². The van der Waals surface area contributed by atoms with Crippen molar-refractivity contribution >= 4 is 12.0 Å². The van der Waals surface area contributed by atoms with Crippen LogP contribution >= 0.6 is 0 Å². The standard InChI is InChI=1S/C20H23N3O3/c1-25-17-14-18(26-2)22-20(21-17)16-10-12-23(13-11-16)19(24)9-8-15-6-4-3-5-7-15/h3-9,14,16H,10-13H2,1-2H3/b9-8+. The van der Waals surface area contributed by atoms with Gasteiger partial charge in [-0.1, -0.05) is 30.3 Å². The van der Waals surface area contributed by atoms with E-state index in [0.29, 0.717) is 30.7 Å². The molecule has 3 rings (SSSR count). The second kappa shape index (κ2) is 8.47. The number of carbonyl (C=O) groups is 1. The molecule has 6 nitrogen and oxygen atoms in total. The van der Waals surface area contributed by atoms with Gasteiger partial charge in [-0.25, -0.2) is 0 Å². The Morgan fingerprint density at radius 3 is 2.27 bits per heavy atom. The number of methoxy groups -OCH3 is 2. The number of aromatic nitrogens is 2. The molecule has 1 aliphatic heterocycles. The molecule has 0 N–H and O–H groups in total. The molecule has 0 spiro atoms. The van der Waals surface area contributed by atoms with Crippen LogP contribution in [0.15, 0.2) is 42.5 Å². The Balaban J connectivity index is 1.60. The predicted octanol–water partition coefficient (Wildman–Crippen LogP) is 2.91. The average molecular weight is 353 g/mol. The first-order valence-electron chi connectivity index (χ1n) is 8.68. The maximum absolute atomic E-state index is 12.4. The molecule has 1 amide bonds.